The summed E-state index contributed by atoms with van der Waals surface area (Å²) >= 11 is 1.94. The van der Waals surface area contributed by atoms with E-state index < -0.39 is 0 Å². The third-order valence-corrected chi connectivity index (χ3v) is 4.03. The van der Waals surface area contributed by atoms with Gasteiger partial charge in [0.25, 0.3) is 0 Å². The molecule has 1 N–H and O–H groups in total. The minimum atomic E-state index is 1.02. The summed E-state index contributed by atoms with van der Waals surface area (Å²) in [7, 11) is 0. The maximum absolute atomic E-state index is 3.43. The van der Waals surface area contributed by atoms with E-state index in [9.17, 15) is 0 Å². The molecule has 0 spiro atoms. The van der Waals surface area contributed by atoms with E-state index in [2.05, 4.69) is 43.4 Å². The Morgan fingerprint density at radius 2 is 2.00 bits per heavy atom. The highest BCUT2D eigenvalue weighted by molar-refractivity contribution is 7.19. The van der Waals surface area contributed by atoms with Gasteiger partial charge in [0.05, 0.1) is 0 Å². The van der Waals surface area contributed by atoms with Crippen molar-refractivity contribution in [3.05, 3.63) is 34.7 Å². The smallest absolute Gasteiger partial charge is 0.0349 e. The molecule has 0 aliphatic carbocycles. The van der Waals surface area contributed by atoms with Crippen LogP contribution in [0.1, 0.15) is 30.7 Å². The molecular weight excluding hydrogens is 214 g/mol. The molecule has 0 saturated heterocycles. The third-order valence-electron chi connectivity index (χ3n) is 2.82. The molecule has 0 saturated carbocycles. The molecular formula is C14H19NS. The Bertz CT molecular complexity index is 459. The van der Waals surface area contributed by atoms with Crippen molar-refractivity contribution in [2.24, 2.45) is 0 Å². The van der Waals surface area contributed by atoms with E-state index in [-0.39, 0.29) is 0 Å². The minimum absolute atomic E-state index is 1.02. The van der Waals surface area contributed by atoms with Gasteiger partial charge in [0.1, 0.15) is 0 Å². The van der Waals surface area contributed by atoms with Crippen molar-refractivity contribution in [1.82, 2.24) is 5.32 Å². The molecule has 86 valence electrons. The first-order valence-corrected chi connectivity index (χ1v) is 6.88. The highest BCUT2D eigenvalue weighted by Gasteiger charge is 2.09. The molecule has 1 aromatic heterocycles. The SMILES string of the molecule is CCCc1c(CNCC)sc2ccccc12. The Labute approximate surface area is 101 Å². The summed E-state index contributed by atoms with van der Waals surface area (Å²) < 4.78 is 1.43. The Morgan fingerprint density at radius 1 is 1.19 bits per heavy atom. The van der Waals surface area contributed by atoms with E-state index >= 15 is 0 Å². The van der Waals surface area contributed by atoms with Gasteiger partial charge in [-0.25, -0.2) is 0 Å². The molecule has 1 heterocycles. The lowest BCUT2D eigenvalue weighted by atomic mass is 10.1. The predicted molar refractivity (Wildman–Crippen MR) is 73.2 cm³/mol. The second-order valence-corrected chi connectivity index (χ2v) is 5.17. The zero-order valence-corrected chi connectivity index (χ0v) is 10.9. The average Bonchev–Trinajstić information content (AvgIpc) is 2.66. The lowest BCUT2D eigenvalue weighted by Gasteiger charge is -2.03. The number of benzene rings is 1. The van der Waals surface area contributed by atoms with Crippen molar-refractivity contribution in [2.45, 2.75) is 33.2 Å². The van der Waals surface area contributed by atoms with E-state index in [1.807, 2.05) is 11.3 Å². The monoisotopic (exact) mass is 233 g/mol. The van der Waals surface area contributed by atoms with Crippen molar-refractivity contribution in [3.8, 4) is 0 Å². The number of nitrogens with one attached hydrogen (secondary N) is 1. The quantitative estimate of drug-likeness (QED) is 0.824. The Kier molecular flexibility index (Phi) is 3.97. The topological polar surface area (TPSA) is 12.0 Å². The van der Waals surface area contributed by atoms with Crippen LogP contribution in [0.5, 0.6) is 0 Å². The van der Waals surface area contributed by atoms with Crippen LogP contribution in [-0.2, 0) is 13.0 Å². The number of hydrogen-bond donors (Lipinski definition) is 1. The van der Waals surface area contributed by atoms with E-state index in [0.29, 0.717) is 0 Å². The molecule has 2 heteroatoms. The van der Waals surface area contributed by atoms with Crippen molar-refractivity contribution < 1.29 is 0 Å². The van der Waals surface area contributed by atoms with Crippen LogP contribution in [0.3, 0.4) is 0 Å². The number of aryl methyl sites for hydroxylation is 1. The van der Waals surface area contributed by atoms with Gasteiger partial charge in [0.15, 0.2) is 0 Å². The normalized spacial score (nSPS) is 11.1. The average molecular weight is 233 g/mol. The van der Waals surface area contributed by atoms with Gasteiger partial charge >= 0.3 is 0 Å². The van der Waals surface area contributed by atoms with Crippen LogP contribution >= 0.6 is 11.3 Å². The maximum atomic E-state index is 3.43. The van der Waals surface area contributed by atoms with E-state index in [1.54, 1.807) is 5.56 Å². The standard InChI is InChI=1S/C14H19NS/c1-3-7-11-12-8-5-6-9-13(12)16-14(11)10-15-4-2/h5-6,8-9,15H,3-4,7,10H2,1-2H3. The lowest BCUT2D eigenvalue weighted by Crippen LogP contribution is -2.11. The molecule has 1 nitrogen and oxygen atoms in total. The number of rotatable bonds is 5. The second-order valence-electron chi connectivity index (χ2n) is 4.03. The summed E-state index contributed by atoms with van der Waals surface area (Å²) in [5.74, 6) is 0. The molecule has 0 radical (unpaired) electrons. The zero-order chi connectivity index (χ0) is 11.4. The third kappa shape index (κ3) is 2.28. The molecule has 0 aliphatic heterocycles. The largest absolute Gasteiger partial charge is 0.312 e. The van der Waals surface area contributed by atoms with Gasteiger partial charge in [-0.1, -0.05) is 38.5 Å². The molecule has 2 aromatic rings. The van der Waals surface area contributed by atoms with Crippen LogP contribution < -0.4 is 5.32 Å². The summed E-state index contributed by atoms with van der Waals surface area (Å²) in [4.78, 5) is 1.52. The maximum Gasteiger partial charge on any atom is 0.0349 e. The molecule has 1 aromatic carbocycles. The summed E-state index contributed by atoms with van der Waals surface area (Å²) in [5.41, 5.74) is 1.56. The molecule has 0 bridgehead atoms. The van der Waals surface area contributed by atoms with Gasteiger partial charge in [0, 0.05) is 16.1 Å². The van der Waals surface area contributed by atoms with Crippen LogP contribution in [0.15, 0.2) is 24.3 Å². The molecule has 0 fully saturated rings. The summed E-state index contributed by atoms with van der Waals surface area (Å²) in [6.45, 7) is 6.47. The highest BCUT2D eigenvalue weighted by atomic mass is 32.1. The highest BCUT2D eigenvalue weighted by Crippen LogP contribution is 2.32. The van der Waals surface area contributed by atoms with Gasteiger partial charge in [0.2, 0.25) is 0 Å². The van der Waals surface area contributed by atoms with Gasteiger partial charge in [-0.15, -0.1) is 11.3 Å². The summed E-state index contributed by atoms with van der Waals surface area (Å²) in [5, 5.41) is 4.90. The van der Waals surface area contributed by atoms with Crippen LogP contribution in [0, 0.1) is 0 Å². The predicted octanol–water partition coefficient (Wildman–Crippen LogP) is 3.96. The van der Waals surface area contributed by atoms with Crippen LogP contribution in [-0.4, -0.2) is 6.54 Å². The van der Waals surface area contributed by atoms with Crippen molar-refractivity contribution in [2.75, 3.05) is 6.54 Å². The molecule has 0 aliphatic rings. The number of thiophene rings is 1. The van der Waals surface area contributed by atoms with Crippen LogP contribution in [0.2, 0.25) is 0 Å². The second kappa shape index (κ2) is 5.46. The number of hydrogen-bond acceptors (Lipinski definition) is 2. The molecule has 2 rings (SSSR count). The number of fused-ring (bicyclic) bond motifs is 1. The van der Waals surface area contributed by atoms with Gasteiger partial charge < -0.3 is 5.32 Å². The minimum Gasteiger partial charge on any atom is -0.312 e. The van der Waals surface area contributed by atoms with E-state index in [1.165, 1.54) is 27.8 Å². The fourth-order valence-corrected chi connectivity index (χ4v) is 3.28. The van der Waals surface area contributed by atoms with Crippen LogP contribution in [0.25, 0.3) is 10.1 Å². The lowest BCUT2D eigenvalue weighted by molar-refractivity contribution is 0.728. The zero-order valence-electron chi connectivity index (χ0n) is 10.0. The Balaban J connectivity index is 2.41. The first kappa shape index (κ1) is 11.6. The fraction of sp³-hybridized carbons (Fsp3) is 0.429. The first-order chi connectivity index (χ1) is 7.86. The molecule has 0 atom stereocenters. The first-order valence-electron chi connectivity index (χ1n) is 6.06. The molecule has 0 unspecified atom stereocenters. The van der Waals surface area contributed by atoms with E-state index in [4.69, 9.17) is 0 Å². The Hall–Kier alpha value is -0.860. The Morgan fingerprint density at radius 3 is 2.75 bits per heavy atom. The summed E-state index contributed by atoms with van der Waals surface area (Å²) in [6.07, 6.45) is 2.42. The summed E-state index contributed by atoms with van der Waals surface area (Å²) in [6, 6.07) is 8.76. The van der Waals surface area contributed by atoms with Crippen LogP contribution in [0.4, 0.5) is 0 Å². The molecule has 0 amide bonds. The van der Waals surface area contributed by atoms with Crippen molar-refractivity contribution in [1.29, 1.82) is 0 Å². The van der Waals surface area contributed by atoms with Gasteiger partial charge in [-0.3, -0.25) is 0 Å². The fourth-order valence-electron chi connectivity index (χ4n) is 2.05. The van der Waals surface area contributed by atoms with Gasteiger partial charge in [-0.2, -0.15) is 0 Å². The van der Waals surface area contributed by atoms with Crippen molar-refractivity contribution in [3.63, 3.8) is 0 Å². The van der Waals surface area contributed by atoms with Crippen molar-refractivity contribution >= 4 is 21.4 Å². The van der Waals surface area contributed by atoms with E-state index in [0.717, 1.165) is 13.1 Å². The molecule has 16 heavy (non-hydrogen) atoms. The van der Waals surface area contributed by atoms with Gasteiger partial charge in [-0.05, 0) is 30.0 Å².